The maximum atomic E-state index is 2.38. The van der Waals surface area contributed by atoms with Gasteiger partial charge >= 0.3 is 0 Å². The zero-order valence-electron chi connectivity index (χ0n) is 7.75. The smallest absolute Gasteiger partial charge is 0.100 e. The average molecular weight is 154 g/mol. The Bertz CT molecular complexity index is 128. The molecule has 0 unspecified atom stereocenters. The molecule has 0 radical (unpaired) electrons. The quantitative estimate of drug-likeness (QED) is 0.612. The second-order valence-corrected chi connectivity index (χ2v) is 2.85. The molecule has 1 aliphatic heterocycles. The van der Waals surface area contributed by atoms with Crippen molar-refractivity contribution in [2.45, 2.75) is 33.4 Å². The lowest BCUT2D eigenvalue weighted by Crippen LogP contribution is -2.37. The molecule has 0 aromatic rings. The minimum absolute atomic E-state index is 0.616. The first-order chi connectivity index (χ1) is 5.33. The van der Waals surface area contributed by atoms with Crippen molar-refractivity contribution in [2.75, 3.05) is 13.1 Å². The molecular formula is C9H18N2. The van der Waals surface area contributed by atoms with Crippen LogP contribution in [0.4, 0.5) is 0 Å². The van der Waals surface area contributed by atoms with E-state index >= 15 is 0 Å². The lowest BCUT2D eigenvalue weighted by atomic mass is 10.3. The molecular weight excluding hydrogens is 136 g/mol. The summed E-state index contributed by atoms with van der Waals surface area (Å²) >= 11 is 0. The molecule has 0 aromatic carbocycles. The highest BCUT2D eigenvalue weighted by Gasteiger charge is 2.21. The standard InChI is InChI=1S/C9H18N2/c1-4-9-10(5-2)7-8-11(9)6-3/h7-9H,4-6H2,1-3H3. The minimum atomic E-state index is 0.616. The monoisotopic (exact) mass is 154 g/mol. The molecule has 0 aliphatic carbocycles. The first kappa shape index (κ1) is 8.44. The Morgan fingerprint density at radius 1 is 1.00 bits per heavy atom. The average Bonchev–Trinajstić information content (AvgIpc) is 2.45. The molecule has 0 aromatic heterocycles. The van der Waals surface area contributed by atoms with Crippen molar-refractivity contribution in [2.24, 2.45) is 0 Å². The van der Waals surface area contributed by atoms with Crippen molar-refractivity contribution in [3.63, 3.8) is 0 Å². The summed E-state index contributed by atoms with van der Waals surface area (Å²) < 4.78 is 0. The molecule has 2 heteroatoms. The third-order valence-corrected chi connectivity index (χ3v) is 2.31. The maximum Gasteiger partial charge on any atom is 0.100 e. The summed E-state index contributed by atoms with van der Waals surface area (Å²) in [6.45, 7) is 8.87. The number of nitrogens with zero attached hydrogens (tertiary/aromatic N) is 2. The van der Waals surface area contributed by atoms with Gasteiger partial charge in [0.2, 0.25) is 0 Å². The molecule has 2 nitrogen and oxygen atoms in total. The van der Waals surface area contributed by atoms with E-state index in [1.807, 2.05) is 0 Å². The summed E-state index contributed by atoms with van der Waals surface area (Å²) in [5.41, 5.74) is 0. The van der Waals surface area contributed by atoms with E-state index in [1.165, 1.54) is 6.42 Å². The van der Waals surface area contributed by atoms with Gasteiger partial charge in [-0.15, -0.1) is 0 Å². The summed E-state index contributed by atoms with van der Waals surface area (Å²) in [6.07, 6.45) is 6.20. The summed E-state index contributed by atoms with van der Waals surface area (Å²) in [7, 11) is 0. The van der Waals surface area contributed by atoms with E-state index in [4.69, 9.17) is 0 Å². The topological polar surface area (TPSA) is 6.48 Å². The molecule has 0 N–H and O–H groups in total. The Kier molecular flexibility index (Phi) is 2.80. The summed E-state index contributed by atoms with van der Waals surface area (Å²) in [5.74, 6) is 0. The predicted octanol–water partition coefficient (Wildman–Crippen LogP) is 1.85. The van der Waals surface area contributed by atoms with Crippen LogP contribution in [0.1, 0.15) is 27.2 Å². The van der Waals surface area contributed by atoms with Crippen LogP contribution in [-0.2, 0) is 0 Å². The molecule has 1 aliphatic rings. The van der Waals surface area contributed by atoms with Crippen molar-refractivity contribution in [3.8, 4) is 0 Å². The van der Waals surface area contributed by atoms with Crippen LogP contribution in [0.5, 0.6) is 0 Å². The first-order valence-corrected chi connectivity index (χ1v) is 4.53. The van der Waals surface area contributed by atoms with Crippen molar-refractivity contribution >= 4 is 0 Å². The second-order valence-electron chi connectivity index (χ2n) is 2.85. The van der Waals surface area contributed by atoms with Crippen LogP contribution in [0.25, 0.3) is 0 Å². The van der Waals surface area contributed by atoms with Gasteiger partial charge in [-0.25, -0.2) is 0 Å². The third kappa shape index (κ3) is 1.50. The van der Waals surface area contributed by atoms with Crippen LogP contribution in [0, 0.1) is 0 Å². The third-order valence-electron chi connectivity index (χ3n) is 2.31. The molecule has 0 bridgehead atoms. The van der Waals surface area contributed by atoms with E-state index in [9.17, 15) is 0 Å². The van der Waals surface area contributed by atoms with Crippen LogP contribution in [0.2, 0.25) is 0 Å². The van der Waals surface area contributed by atoms with Gasteiger partial charge in [0.05, 0.1) is 0 Å². The zero-order chi connectivity index (χ0) is 8.27. The van der Waals surface area contributed by atoms with Gasteiger partial charge in [0.25, 0.3) is 0 Å². The van der Waals surface area contributed by atoms with Gasteiger partial charge in [0.15, 0.2) is 0 Å². The Morgan fingerprint density at radius 3 is 1.73 bits per heavy atom. The molecule has 0 amide bonds. The van der Waals surface area contributed by atoms with Crippen molar-refractivity contribution < 1.29 is 0 Å². The summed E-state index contributed by atoms with van der Waals surface area (Å²) in [6, 6.07) is 0. The van der Waals surface area contributed by atoms with Crippen LogP contribution in [0.15, 0.2) is 12.4 Å². The van der Waals surface area contributed by atoms with Crippen molar-refractivity contribution in [1.82, 2.24) is 9.80 Å². The van der Waals surface area contributed by atoms with E-state index in [-0.39, 0.29) is 0 Å². The van der Waals surface area contributed by atoms with E-state index in [2.05, 4.69) is 43.0 Å². The highest BCUT2D eigenvalue weighted by Crippen LogP contribution is 2.17. The van der Waals surface area contributed by atoms with Gasteiger partial charge in [-0.2, -0.15) is 0 Å². The van der Waals surface area contributed by atoms with Gasteiger partial charge in [-0.3, -0.25) is 0 Å². The normalized spacial score (nSPS) is 18.5. The second kappa shape index (κ2) is 3.65. The highest BCUT2D eigenvalue weighted by atomic mass is 15.4. The van der Waals surface area contributed by atoms with Crippen LogP contribution in [-0.4, -0.2) is 29.1 Å². The Labute approximate surface area is 69.5 Å². The highest BCUT2D eigenvalue weighted by molar-refractivity contribution is 4.95. The van der Waals surface area contributed by atoms with E-state index in [0.717, 1.165) is 13.1 Å². The van der Waals surface area contributed by atoms with E-state index < -0.39 is 0 Å². The molecule has 0 spiro atoms. The Hall–Kier alpha value is -0.660. The number of rotatable bonds is 3. The van der Waals surface area contributed by atoms with E-state index in [1.54, 1.807) is 0 Å². The molecule has 0 saturated heterocycles. The minimum Gasteiger partial charge on any atom is -0.356 e. The van der Waals surface area contributed by atoms with Crippen LogP contribution in [0.3, 0.4) is 0 Å². The van der Waals surface area contributed by atoms with Crippen LogP contribution >= 0.6 is 0 Å². The molecule has 0 fully saturated rings. The molecule has 0 saturated carbocycles. The molecule has 1 heterocycles. The van der Waals surface area contributed by atoms with Gasteiger partial charge in [-0.05, 0) is 20.3 Å². The largest absolute Gasteiger partial charge is 0.356 e. The number of hydrogen-bond acceptors (Lipinski definition) is 2. The molecule has 11 heavy (non-hydrogen) atoms. The van der Waals surface area contributed by atoms with Gasteiger partial charge in [0, 0.05) is 25.5 Å². The predicted molar refractivity (Wildman–Crippen MR) is 48.0 cm³/mol. The van der Waals surface area contributed by atoms with Crippen LogP contribution < -0.4 is 0 Å². The van der Waals surface area contributed by atoms with Crippen molar-refractivity contribution in [3.05, 3.63) is 12.4 Å². The van der Waals surface area contributed by atoms with E-state index in [0.29, 0.717) is 6.17 Å². The SMILES string of the molecule is CCC1N(CC)C=CN1CC. The number of hydrogen-bond donors (Lipinski definition) is 0. The molecule has 0 atom stereocenters. The Morgan fingerprint density at radius 2 is 1.45 bits per heavy atom. The first-order valence-electron chi connectivity index (χ1n) is 4.53. The summed E-state index contributed by atoms with van der Waals surface area (Å²) in [5, 5.41) is 0. The van der Waals surface area contributed by atoms with Gasteiger partial charge in [-0.1, -0.05) is 6.92 Å². The fourth-order valence-electron chi connectivity index (χ4n) is 1.66. The lowest BCUT2D eigenvalue weighted by Gasteiger charge is -2.30. The zero-order valence-corrected chi connectivity index (χ0v) is 7.75. The fourth-order valence-corrected chi connectivity index (χ4v) is 1.66. The summed E-state index contributed by atoms with van der Waals surface area (Å²) in [4.78, 5) is 4.76. The van der Waals surface area contributed by atoms with Crippen molar-refractivity contribution in [1.29, 1.82) is 0 Å². The maximum absolute atomic E-state index is 2.38. The Balaban J connectivity index is 2.54. The fraction of sp³-hybridized carbons (Fsp3) is 0.778. The van der Waals surface area contributed by atoms with Gasteiger partial charge in [0.1, 0.15) is 6.17 Å². The van der Waals surface area contributed by atoms with Gasteiger partial charge < -0.3 is 9.80 Å². The lowest BCUT2D eigenvalue weighted by molar-refractivity contribution is 0.159. The molecule has 1 rings (SSSR count). The molecule has 64 valence electrons.